The van der Waals surface area contributed by atoms with Gasteiger partial charge in [0.2, 0.25) is 5.78 Å². The highest BCUT2D eigenvalue weighted by molar-refractivity contribution is 6.05. The van der Waals surface area contributed by atoms with Crippen LogP contribution in [0.1, 0.15) is 40.3 Å². The van der Waals surface area contributed by atoms with Crippen LogP contribution in [0.4, 0.5) is 0 Å². The molecule has 0 saturated carbocycles. The number of esters is 1. The molecule has 1 heterocycles. The number of nitrogens with zero attached hydrogens (tertiary/aromatic N) is 2. The molecule has 0 spiro atoms. The molecule has 0 fully saturated rings. The molecule has 0 aliphatic heterocycles. The lowest BCUT2D eigenvalue weighted by atomic mass is 10.1. The highest BCUT2D eigenvalue weighted by atomic mass is 16.5. The zero-order valence-corrected chi connectivity index (χ0v) is 15.4. The average Bonchev–Trinajstić information content (AvgIpc) is 2.68. The summed E-state index contributed by atoms with van der Waals surface area (Å²) >= 11 is 0. The highest BCUT2D eigenvalue weighted by Gasteiger charge is 2.23. The first kappa shape index (κ1) is 18.5. The first-order valence-corrected chi connectivity index (χ1v) is 8.74. The predicted octanol–water partition coefficient (Wildman–Crippen LogP) is 3.15. The molecule has 2 aromatic carbocycles. The number of aryl methyl sites for hydroxylation is 2. The maximum absolute atomic E-state index is 12.7. The van der Waals surface area contributed by atoms with Gasteiger partial charge in [-0.15, -0.1) is 0 Å². The lowest BCUT2D eigenvalue weighted by molar-refractivity contribution is 0.0313. The Kier molecular flexibility index (Phi) is 5.16. The van der Waals surface area contributed by atoms with Gasteiger partial charge >= 0.3 is 5.97 Å². The third kappa shape index (κ3) is 3.65. The van der Waals surface area contributed by atoms with Crippen molar-refractivity contribution in [2.45, 2.75) is 33.4 Å². The minimum Gasteiger partial charge on any atom is -0.449 e. The minimum absolute atomic E-state index is 0.0237. The van der Waals surface area contributed by atoms with Crippen molar-refractivity contribution >= 4 is 22.5 Å². The molecule has 0 N–H and O–H groups in total. The largest absolute Gasteiger partial charge is 0.449 e. The monoisotopic (exact) mass is 364 g/mol. The first-order chi connectivity index (χ1) is 12.9. The lowest BCUT2D eigenvalue weighted by Gasteiger charge is -2.14. The molecule has 0 saturated heterocycles. The Morgan fingerprint density at radius 2 is 1.70 bits per heavy atom. The van der Waals surface area contributed by atoms with Crippen LogP contribution >= 0.6 is 0 Å². The SMILES string of the molecule is CCn1nc(C(=O)O[C@H](C)C(=O)c2ccc(C)cc2)c2ccccc2c1=O. The number of rotatable bonds is 5. The molecular formula is C21H20N2O4. The van der Waals surface area contributed by atoms with Crippen LogP contribution in [0.3, 0.4) is 0 Å². The second-order valence-corrected chi connectivity index (χ2v) is 6.29. The summed E-state index contributed by atoms with van der Waals surface area (Å²) in [6.45, 7) is 5.54. The van der Waals surface area contributed by atoms with Crippen LogP contribution in [-0.4, -0.2) is 27.6 Å². The summed E-state index contributed by atoms with van der Waals surface area (Å²) in [5, 5.41) is 4.93. The van der Waals surface area contributed by atoms with Crippen LogP contribution < -0.4 is 5.56 Å². The molecule has 138 valence electrons. The van der Waals surface area contributed by atoms with Gasteiger partial charge in [0, 0.05) is 17.5 Å². The van der Waals surface area contributed by atoms with Gasteiger partial charge in [0.15, 0.2) is 11.8 Å². The Morgan fingerprint density at radius 3 is 2.33 bits per heavy atom. The topological polar surface area (TPSA) is 78.3 Å². The van der Waals surface area contributed by atoms with E-state index in [2.05, 4.69) is 5.10 Å². The summed E-state index contributed by atoms with van der Waals surface area (Å²) < 4.78 is 6.58. The summed E-state index contributed by atoms with van der Waals surface area (Å²) in [6.07, 6.45) is -0.970. The fourth-order valence-electron chi connectivity index (χ4n) is 2.82. The summed E-state index contributed by atoms with van der Waals surface area (Å²) in [5.41, 5.74) is 1.26. The van der Waals surface area contributed by atoms with Gasteiger partial charge in [-0.3, -0.25) is 9.59 Å². The van der Waals surface area contributed by atoms with Gasteiger partial charge in [-0.25, -0.2) is 9.48 Å². The van der Waals surface area contributed by atoms with Crippen molar-refractivity contribution in [1.82, 2.24) is 9.78 Å². The number of hydrogen-bond acceptors (Lipinski definition) is 5. The van der Waals surface area contributed by atoms with Crippen LogP contribution in [0.5, 0.6) is 0 Å². The molecule has 0 amide bonds. The Morgan fingerprint density at radius 1 is 1.07 bits per heavy atom. The van der Waals surface area contributed by atoms with E-state index in [0.717, 1.165) is 5.56 Å². The van der Waals surface area contributed by atoms with E-state index >= 15 is 0 Å². The molecule has 1 atom stereocenters. The molecule has 0 radical (unpaired) electrons. The molecule has 0 unspecified atom stereocenters. The van der Waals surface area contributed by atoms with Gasteiger partial charge in [0.25, 0.3) is 5.56 Å². The van der Waals surface area contributed by atoms with Gasteiger partial charge in [0.05, 0.1) is 5.39 Å². The predicted molar refractivity (Wildman–Crippen MR) is 102 cm³/mol. The number of carbonyl (C=O) groups excluding carboxylic acids is 2. The van der Waals surface area contributed by atoms with Gasteiger partial charge < -0.3 is 4.74 Å². The molecule has 6 heteroatoms. The van der Waals surface area contributed by atoms with Crippen molar-refractivity contribution < 1.29 is 14.3 Å². The molecule has 0 bridgehead atoms. The van der Waals surface area contributed by atoms with Gasteiger partial charge in [-0.05, 0) is 26.8 Å². The Bertz CT molecular complexity index is 1070. The number of fused-ring (bicyclic) bond motifs is 1. The van der Waals surface area contributed by atoms with Crippen molar-refractivity contribution in [2.24, 2.45) is 0 Å². The molecule has 27 heavy (non-hydrogen) atoms. The molecule has 3 aromatic rings. The maximum Gasteiger partial charge on any atom is 0.360 e. The molecular weight excluding hydrogens is 344 g/mol. The Labute approximate surface area is 156 Å². The zero-order chi connectivity index (χ0) is 19.6. The van der Waals surface area contributed by atoms with Crippen LogP contribution in [0.25, 0.3) is 10.8 Å². The van der Waals surface area contributed by atoms with E-state index in [1.165, 1.54) is 11.6 Å². The fourth-order valence-corrected chi connectivity index (χ4v) is 2.82. The van der Waals surface area contributed by atoms with Crippen LogP contribution in [-0.2, 0) is 11.3 Å². The highest BCUT2D eigenvalue weighted by Crippen LogP contribution is 2.16. The standard InChI is InChI=1S/C21H20N2O4/c1-4-23-20(25)17-8-6-5-7-16(17)18(22-23)21(26)27-14(3)19(24)15-11-9-13(2)10-12-15/h5-12,14H,4H2,1-3H3/t14-/m1/s1. The van der Waals surface area contributed by atoms with Crippen LogP contribution in [0.15, 0.2) is 53.3 Å². The third-order valence-electron chi connectivity index (χ3n) is 4.35. The number of carbonyl (C=O) groups is 2. The van der Waals surface area contributed by atoms with E-state index in [1.54, 1.807) is 43.3 Å². The number of benzene rings is 2. The molecule has 0 aliphatic rings. The summed E-state index contributed by atoms with van der Waals surface area (Å²) in [6, 6.07) is 13.8. The van der Waals surface area contributed by atoms with E-state index in [4.69, 9.17) is 4.74 Å². The van der Waals surface area contributed by atoms with E-state index in [9.17, 15) is 14.4 Å². The van der Waals surface area contributed by atoms with E-state index < -0.39 is 12.1 Å². The number of ketones is 1. The lowest BCUT2D eigenvalue weighted by Crippen LogP contribution is -2.29. The fraction of sp³-hybridized carbons (Fsp3) is 0.238. The third-order valence-corrected chi connectivity index (χ3v) is 4.35. The Hall–Kier alpha value is -3.28. The normalized spacial score (nSPS) is 12.0. The van der Waals surface area contributed by atoms with Gasteiger partial charge in [-0.1, -0.05) is 48.0 Å². The van der Waals surface area contributed by atoms with E-state index in [1.807, 2.05) is 19.1 Å². The quantitative estimate of drug-likeness (QED) is 0.513. The average molecular weight is 364 g/mol. The van der Waals surface area contributed by atoms with E-state index in [0.29, 0.717) is 22.9 Å². The van der Waals surface area contributed by atoms with Crippen molar-refractivity contribution in [3.63, 3.8) is 0 Å². The van der Waals surface area contributed by atoms with Crippen LogP contribution in [0.2, 0.25) is 0 Å². The molecule has 6 nitrogen and oxygen atoms in total. The maximum atomic E-state index is 12.7. The summed E-state index contributed by atoms with van der Waals surface area (Å²) in [4.78, 5) is 37.6. The second kappa shape index (κ2) is 7.53. The number of aromatic nitrogens is 2. The van der Waals surface area contributed by atoms with E-state index in [-0.39, 0.29) is 17.0 Å². The second-order valence-electron chi connectivity index (χ2n) is 6.29. The minimum atomic E-state index is -0.970. The van der Waals surface area contributed by atoms with Crippen molar-refractivity contribution in [1.29, 1.82) is 0 Å². The zero-order valence-electron chi connectivity index (χ0n) is 15.4. The van der Waals surface area contributed by atoms with Crippen molar-refractivity contribution in [2.75, 3.05) is 0 Å². The number of Topliss-reactive ketones (excluding diaryl/α,β-unsaturated/α-hetero) is 1. The van der Waals surface area contributed by atoms with Gasteiger partial charge in [0.1, 0.15) is 0 Å². The molecule has 1 aromatic heterocycles. The Balaban J connectivity index is 1.92. The van der Waals surface area contributed by atoms with Crippen LogP contribution in [0, 0.1) is 6.92 Å². The molecule has 3 rings (SSSR count). The first-order valence-electron chi connectivity index (χ1n) is 8.74. The van der Waals surface area contributed by atoms with Crippen molar-refractivity contribution in [3.05, 3.63) is 75.7 Å². The summed E-state index contributed by atoms with van der Waals surface area (Å²) in [5.74, 6) is -1.03. The van der Waals surface area contributed by atoms with Gasteiger partial charge in [-0.2, -0.15) is 5.10 Å². The smallest absolute Gasteiger partial charge is 0.360 e. The number of hydrogen-bond donors (Lipinski definition) is 0. The van der Waals surface area contributed by atoms with Crippen molar-refractivity contribution in [3.8, 4) is 0 Å². The summed E-state index contributed by atoms with van der Waals surface area (Å²) in [7, 11) is 0. The molecule has 0 aliphatic carbocycles. The number of ether oxygens (including phenoxy) is 1.